The Morgan fingerprint density at radius 3 is 2.95 bits per heavy atom. The van der Waals surface area contributed by atoms with Gasteiger partial charge >= 0.3 is 0 Å². The van der Waals surface area contributed by atoms with Gasteiger partial charge in [0.05, 0.1) is 11.8 Å². The van der Waals surface area contributed by atoms with E-state index in [0.717, 1.165) is 31.7 Å². The zero-order chi connectivity index (χ0) is 13.7. The summed E-state index contributed by atoms with van der Waals surface area (Å²) in [5.41, 5.74) is 2.40. The van der Waals surface area contributed by atoms with Gasteiger partial charge in [-0.25, -0.2) is 0 Å². The van der Waals surface area contributed by atoms with Crippen LogP contribution in [0.5, 0.6) is 0 Å². The number of aryl methyl sites for hydroxylation is 2. The van der Waals surface area contributed by atoms with Crippen LogP contribution < -0.4 is 5.32 Å². The van der Waals surface area contributed by atoms with Gasteiger partial charge in [0.25, 0.3) is 0 Å². The number of rotatable bonds is 6. The fourth-order valence-corrected chi connectivity index (χ4v) is 2.95. The van der Waals surface area contributed by atoms with Crippen molar-refractivity contribution in [2.24, 2.45) is 7.05 Å². The van der Waals surface area contributed by atoms with Crippen LogP contribution in [-0.2, 0) is 18.2 Å². The minimum absolute atomic E-state index is 0.437. The van der Waals surface area contributed by atoms with Crippen LogP contribution in [0.2, 0.25) is 0 Å². The van der Waals surface area contributed by atoms with E-state index in [4.69, 9.17) is 4.74 Å². The Bertz CT molecular complexity index is 383. The highest BCUT2D eigenvalue weighted by atomic mass is 16.5. The number of nitrogens with zero attached hydrogens (tertiary/aromatic N) is 2. The van der Waals surface area contributed by atoms with Crippen molar-refractivity contribution in [3.8, 4) is 0 Å². The fraction of sp³-hybridized carbons (Fsp3) is 0.800. The molecule has 108 valence electrons. The highest BCUT2D eigenvalue weighted by Crippen LogP contribution is 2.19. The Labute approximate surface area is 116 Å². The number of hydrogen-bond donors (Lipinski definition) is 1. The quantitative estimate of drug-likeness (QED) is 0.857. The maximum atomic E-state index is 5.87. The second kappa shape index (κ2) is 7.06. The molecule has 1 saturated heterocycles. The van der Waals surface area contributed by atoms with Gasteiger partial charge < -0.3 is 10.1 Å². The molecule has 2 atom stereocenters. The van der Waals surface area contributed by atoms with Crippen molar-refractivity contribution in [3.05, 3.63) is 17.5 Å². The monoisotopic (exact) mass is 265 g/mol. The summed E-state index contributed by atoms with van der Waals surface area (Å²) in [6, 6.07) is 2.68. The first-order chi connectivity index (χ1) is 9.19. The molecule has 2 unspecified atom stereocenters. The normalized spacial score (nSPS) is 21.5. The SMILES string of the molecule is CCNC(Cc1cc(C)nn1C)CC1CCCCO1. The van der Waals surface area contributed by atoms with Crippen LogP contribution in [0.15, 0.2) is 6.07 Å². The molecule has 0 aliphatic carbocycles. The van der Waals surface area contributed by atoms with E-state index >= 15 is 0 Å². The van der Waals surface area contributed by atoms with Crippen molar-refractivity contribution in [1.29, 1.82) is 0 Å². The lowest BCUT2D eigenvalue weighted by Gasteiger charge is -2.27. The minimum atomic E-state index is 0.437. The highest BCUT2D eigenvalue weighted by molar-refractivity contribution is 5.10. The van der Waals surface area contributed by atoms with Crippen LogP contribution in [0.1, 0.15) is 44.0 Å². The number of aromatic nitrogens is 2. The van der Waals surface area contributed by atoms with Crippen LogP contribution in [0.3, 0.4) is 0 Å². The maximum Gasteiger partial charge on any atom is 0.0596 e. The molecule has 1 aliphatic rings. The summed E-state index contributed by atoms with van der Waals surface area (Å²) in [5.74, 6) is 0. The van der Waals surface area contributed by atoms with Crippen LogP contribution >= 0.6 is 0 Å². The Morgan fingerprint density at radius 1 is 1.53 bits per heavy atom. The van der Waals surface area contributed by atoms with E-state index in [0.29, 0.717) is 12.1 Å². The maximum absolute atomic E-state index is 5.87. The topological polar surface area (TPSA) is 39.1 Å². The first-order valence-corrected chi connectivity index (χ1v) is 7.53. The van der Waals surface area contributed by atoms with Gasteiger partial charge in [-0.2, -0.15) is 5.10 Å². The highest BCUT2D eigenvalue weighted by Gasteiger charge is 2.20. The van der Waals surface area contributed by atoms with Crippen LogP contribution in [0.4, 0.5) is 0 Å². The Balaban J connectivity index is 1.93. The van der Waals surface area contributed by atoms with Gasteiger partial charge in [0.2, 0.25) is 0 Å². The van der Waals surface area contributed by atoms with Crippen LogP contribution in [-0.4, -0.2) is 35.1 Å². The summed E-state index contributed by atoms with van der Waals surface area (Å²) in [7, 11) is 2.03. The molecule has 1 N–H and O–H groups in total. The van der Waals surface area contributed by atoms with E-state index in [1.165, 1.54) is 25.0 Å². The number of hydrogen-bond acceptors (Lipinski definition) is 3. The van der Waals surface area contributed by atoms with Gasteiger partial charge in [-0.3, -0.25) is 4.68 Å². The number of nitrogens with one attached hydrogen (secondary N) is 1. The van der Waals surface area contributed by atoms with E-state index in [1.54, 1.807) is 0 Å². The van der Waals surface area contributed by atoms with E-state index in [2.05, 4.69) is 30.3 Å². The lowest BCUT2D eigenvalue weighted by atomic mass is 9.98. The molecule has 1 aromatic rings. The molecule has 4 heteroatoms. The summed E-state index contributed by atoms with van der Waals surface area (Å²) in [4.78, 5) is 0. The fourth-order valence-electron chi connectivity index (χ4n) is 2.95. The van der Waals surface area contributed by atoms with Crippen molar-refractivity contribution in [3.63, 3.8) is 0 Å². The Morgan fingerprint density at radius 2 is 2.37 bits per heavy atom. The number of ether oxygens (including phenoxy) is 1. The van der Waals surface area contributed by atoms with Crippen LogP contribution in [0.25, 0.3) is 0 Å². The largest absolute Gasteiger partial charge is 0.378 e. The zero-order valence-corrected chi connectivity index (χ0v) is 12.5. The molecular formula is C15H27N3O. The third-order valence-corrected chi connectivity index (χ3v) is 3.87. The predicted molar refractivity (Wildman–Crippen MR) is 77.3 cm³/mol. The molecule has 0 saturated carbocycles. The van der Waals surface area contributed by atoms with Gasteiger partial charge in [0, 0.05) is 31.8 Å². The van der Waals surface area contributed by atoms with Crippen LogP contribution in [0, 0.1) is 6.92 Å². The molecule has 0 radical (unpaired) electrons. The first-order valence-electron chi connectivity index (χ1n) is 7.53. The van der Waals surface area contributed by atoms with E-state index in [-0.39, 0.29) is 0 Å². The van der Waals surface area contributed by atoms with Crippen molar-refractivity contribution < 1.29 is 4.74 Å². The zero-order valence-electron chi connectivity index (χ0n) is 12.5. The molecule has 0 spiro atoms. The average Bonchev–Trinajstić information content (AvgIpc) is 2.69. The molecular weight excluding hydrogens is 238 g/mol. The molecule has 1 fully saturated rings. The molecule has 1 aromatic heterocycles. The first kappa shape index (κ1) is 14.5. The smallest absolute Gasteiger partial charge is 0.0596 e. The van der Waals surface area contributed by atoms with Gasteiger partial charge in [-0.1, -0.05) is 6.92 Å². The molecule has 1 aliphatic heterocycles. The van der Waals surface area contributed by atoms with E-state index < -0.39 is 0 Å². The molecule has 0 amide bonds. The molecule has 2 rings (SSSR count). The molecule has 4 nitrogen and oxygen atoms in total. The van der Waals surface area contributed by atoms with Gasteiger partial charge in [-0.15, -0.1) is 0 Å². The minimum Gasteiger partial charge on any atom is -0.378 e. The third kappa shape index (κ3) is 4.32. The summed E-state index contributed by atoms with van der Waals surface area (Å²) in [6.45, 7) is 6.17. The summed E-state index contributed by atoms with van der Waals surface area (Å²) < 4.78 is 7.87. The number of likely N-dealkylation sites (N-methyl/N-ethyl adjacent to an activating group) is 1. The van der Waals surface area contributed by atoms with Gasteiger partial charge in [-0.05, 0) is 45.2 Å². The summed E-state index contributed by atoms with van der Waals surface area (Å²) >= 11 is 0. The summed E-state index contributed by atoms with van der Waals surface area (Å²) in [5, 5.41) is 8.02. The Hall–Kier alpha value is -0.870. The standard InChI is InChI=1S/C15H27N3O/c1-4-16-13(11-15-7-5-6-8-19-15)10-14-9-12(2)17-18(14)3/h9,13,15-16H,4-8,10-11H2,1-3H3. The third-order valence-electron chi connectivity index (χ3n) is 3.87. The second-order valence-corrected chi connectivity index (χ2v) is 5.58. The van der Waals surface area contributed by atoms with E-state index in [1.807, 2.05) is 11.7 Å². The second-order valence-electron chi connectivity index (χ2n) is 5.58. The average molecular weight is 265 g/mol. The molecule has 0 bridgehead atoms. The van der Waals surface area contributed by atoms with Gasteiger partial charge in [0.1, 0.15) is 0 Å². The van der Waals surface area contributed by atoms with Crippen molar-refractivity contribution in [2.75, 3.05) is 13.2 Å². The molecule has 0 aromatic carbocycles. The Kier molecular flexibility index (Phi) is 5.40. The molecule has 2 heterocycles. The lowest BCUT2D eigenvalue weighted by molar-refractivity contribution is 0.00525. The van der Waals surface area contributed by atoms with E-state index in [9.17, 15) is 0 Å². The van der Waals surface area contributed by atoms with Crippen molar-refractivity contribution in [1.82, 2.24) is 15.1 Å². The van der Waals surface area contributed by atoms with Crippen molar-refractivity contribution in [2.45, 2.75) is 58.1 Å². The predicted octanol–water partition coefficient (Wildman–Crippen LogP) is 2.21. The molecule has 19 heavy (non-hydrogen) atoms. The van der Waals surface area contributed by atoms with Gasteiger partial charge in [0.15, 0.2) is 0 Å². The van der Waals surface area contributed by atoms with Crippen molar-refractivity contribution >= 4 is 0 Å². The summed E-state index contributed by atoms with van der Waals surface area (Å²) in [6.07, 6.45) is 6.33. The lowest BCUT2D eigenvalue weighted by Crippen LogP contribution is -2.36.